The summed E-state index contributed by atoms with van der Waals surface area (Å²) in [4.78, 5) is 3.68. The molecule has 0 heterocycles. The standard InChI is InChI=1S/C9H12O.C5H11N/c1-2-3-8-4-6-9(10)7-5-8;1-3-4-5-6-2/h4-7,10H,2-3H2,1H3;2-5H2,1H3. The highest BCUT2D eigenvalue weighted by Gasteiger charge is 1.89. The van der Waals surface area contributed by atoms with Gasteiger partial charge < -0.3 is 10.1 Å². The van der Waals surface area contributed by atoms with E-state index in [-0.39, 0.29) is 0 Å². The first-order valence-corrected chi connectivity index (χ1v) is 5.95. The van der Waals surface area contributed by atoms with E-state index in [9.17, 15) is 0 Å². The maximum absolute atomic E-state index is 8.92. The van der Waals surface area contributed by atoms with Crippen molar-refractivity contribution in [2.24, 2.45) is 4.99 Å². The number of unbranched alkanes of at least 4 members (excludes halogenated alkanes) is 1. The normalized spacial score (nSPS) is 9.12. The molecule has 1 aromatic carbocycles. The molecule has 90 valence electrons. The summed E-state index contributed by atoms with van der Waals surface area (Å²) < 4.78 is 0. The molecule has 0 amide bonds. The number of benzene rings is 1. The third-order valence-electron chi connectivity index (χ3n) is 2.14. The van der Waals surface area contributed by atoms with Crippen LogP contribution < -0.4 is 0 Å². The van der Waals surface area contributed by atoms with Crippen molar-refractivity contribution in [3.63, 3.8) is 0 Å². The van der Waals surface area contributed by atoms with Gasteiger partial charge in [0.25, 0.3) is 0 Å². The molecule has 0 aliphatic rings. The van der Waals surface area contributed by atoms with Gasteiger partial charge in [-0.05, 0) is 37.3 Å². The van der Waals surface area contributed by atoms with Crippen LogP contribution >= 0.6 is 0 Å². The molecule has 2 nitrogen and oxygen atoms in total. The number of rotatable bonds is 5. The van der Waals surface area contributed by atoms with Crippen LogP contribution in [0, 0.1) is 0 Å². The molecule has 0 radical (unpaired) electrons. The van der Waals surface area contributed by atoms with Crippen LogP contribution in [0.4, 0.5) is 0 Å². The Morgan fingerprint density at radius 3 is 2.12 bits per heavy atom. The molecular formula is C14H23NO. The summed E-state index contributed by atoms with van der Waals surface area (Å²) in [6.45, 7) is 8.56. The number of hydrogen-bond acceptors (Lipinski definition) is 2. The molecule has 0 bridgehead atoms. The van der Waals surface area contributed by atoms with Crippen molar-refractivity contribution in [1.82, 2.24) is 0 Å². The van der Waals surface area contributed by atoms with E-state index in [4.69, 9.17) is 5.11 Å². The molecule has 16 heavy (non-hydrogen) atoms. The number of nitrogens with zero attached hydrogens (tertiary/aromatic N) is 1. The van der Waals surface area contributed by atoms with Crippen LogP contribution in [-0.4, -0.2) is 18.4 Å². The van der Waals surface area contributed by atoms with Crippen LogP contribution in [-0.2, 0) is 6.42 Å². The summed E-state index contributed by atoms with van der Waals surface area (Å²) in [5.74, 6) is 0.347. The van der Waals surface area contributed by atoms with E-state index in [1.807, 2.05) is 12.1 Å². The lowest BCUT2D eigenvalue weighted by atomic mass is 10.1. The molecule has 2 heteroatoms. The Balaban J connectivity index is 0.000000325. The van der Waals surface area contributed by atoms with Gasteiger partial charge in [0, 0.05) is 6.54 Å². The minimum atomic E-state index is 0.347. The van der Waals surface area contributed by atoms with Gasteiger partial charge in [-0.3, -0.25) is 0 Å². The SMILES string of the molecule is C=NCCCC.CCCc1ccc(O)cc1. The molecule has 0 aliphatic carbocycles. The van der Waals surface area contributed by atoms with Crippen molar-refractivity contribution in [2.75, 3.05) is 6.54 Å². The van der Waals surface area contributed by atoms with Crippen molar-refractivity contribution in [3.05, 3.63) is 29.8 Å². The Hall–Kier alpha value is -1.31. The van der Waals surface area contributed by atoms with E-state index < -0.39 is 0 Å². The van der Waals surface area contributed by atoms with E-state index in [2.05, 4.69) is 25.6 Å². The van der Waals surface area contributed by atoms with Crippen molar-refractivity contribution in [1.29, 1.82) is 0 Å². The summed E-state index contributed by atoms with van der Waals surface area (Å²) in [7, 11) is 0. The average molecular weight is 221 g/mol. The highest BCUT2D eigenvalue weighted by molar-refractivity contribution is 5.25. The minimum Gasteiger partial charge on any atom is -0.508 e. The topological polar surface area (TPSA) is 32.6 Å². The van der Waals surface area contributed by atoms with Crippen LogP contribution in [0.2, 0.25) is 0 Å². The zero-order valence-corrected chi connectivity index (χ0v) is 10.4. The summed E-state index contributed by atoms with van der Waals surface area (Å²) in [6, 6.07) is 7.37. The Bertz CT molecular complexity index is 267. The van der Waals surface area contributed by atoms with Gasteiger partial charge in [-0.25, -0.2) is 0 Å². The highest BCUT2D eigenvalue weighted by Crippen LogP contribution is 2.10. The van der Waals surface area contributed by atoms with Crippen LogP contribution in [0.1, 0.15) is 38.7 Å². The lowest BCUT2D eigenvalue weighted by Crippen LogP contribution is -1.79. The monoisotopic (exact) mass is 221 g/mol. The van der Waals surface area contributed by atoms with E-state index in [0.717, 1.165) is 19.4 Å². The zero-order valence-electron chi connectivity index (χ0n) is 10.4. The number of aryl methyl sites for hydroxylation is 1. The molecule has 1 N–H and O–H groups in total. The van der Waals surface area contributed by atoms with Crippen molar-refractivity contribution in [2.45, 2.75) is 39.5 Å². The van der Waals surface area contributed by atoms with Crippen LogP contribution in [0.15, 0.2) is 29.3 Å². The Morgan fingerprint density at radius 2 is 1.75 bits per heavy atom. The highest BCUT2D eigenvalue weighted by atomic mass is 16.3. The Morgan fingerprint density at radius 1 is 1.12 bits per heavy atom. The second kappa shape index (κ2) is 10.2. The summed E-state index contributed by atoms with van der Waals surface area (Å²) >= 11 is 0. The first kappa shape index (κ1) is 14.7. The van der Waals surface area contributed by atoms with Crippen molar-refractivity contribution < 1.29 is 5.11 Å². The number of aromatic hydroxyl groups is 1. The van der Waals surface area contributed by atoms with Crippen molar-refractivity contribution in [3.8, 4) is 5.75 Å². The van der Waals surface area contributed by atoms with Crippen LogP contribution in [0.5, 0.6) is 5.75 Å². The molecule has 0 fully saturated rings. The second-order valence-corrected chi connectivity index (χ2v) is 3.72. The molecular weight excluding hydrogens is 198 g/mol. The fourth-order valence-electron chi connectivity index (χ4n) is 1.22. The van der Waals surface area contributed by atoms with Crippen LogP contribution in [0.3, 0.4) is 0 Å². The van der Waals surface area contributed by atoms with Crippen molar-refractivity contribution >= 4 is 6.72 Å². The molecule has 0 unspecified atom stereocenters. The van der Waals surface area contributed by atoms with Gasteiger partial charge in [0.2, 0.25) is 0 Å². The number of aliphatic imine (C=N–C) groups is 1. The van der Waals surface area contributed by atoms with E-state index in [1.54, 1.807) is 12.1 Å². The molecule has 1 rings (SSSR count). The second-order valence-electron chi connectivity index (χ2n) is 3.72. The predicted octanol–water partition coefficient (Wildman–Crippen LogP) is 3.83. The molecule has 0 saturated carbocycles. The van der Waals surface area contributed by atoms with Gasteiger partial charge in [-0.15, -0.1) is 0 Å². The van der Waals surface area contributed by atoms with Gasteiger partial charge in [0.05, 0.1) is 0 Å². The number of hydrogen-bond donors (Lipinski definition) is 1. The number of phenolic OH excluding ortho intramolecular Hbond substituents is 1. The quantitative estimate of drug-likeness (QED) is 0.595. The Kier molecular flexibility index (Phi) is 9.38. The smallest absolute Gasteiger partial charge is 0.115 e. The Labute approximate surface area is 99.0 Å². The number of phenols is 1. The van der Waals surface area contributed by atoms with Gasteiger partial charge >= 0.3 is 0 Å². The maximum atomic E-state index is 8.92. The first-order chi connectivity index (χ1) is 7.74. The van der Waals surface area contributed by atoms with Gasteiger partial charge in [0.1, 0.15) is 5.75 Å². The summed E-state index contributed by atoms with van der Waals surface area (Å²) in [5, 5.41) is 8.92. The van der Waals surface area contributed by atoms with Gasteiger partial charge in [-0.2, -0.15) is 0 Å². The largest absolute Gasteiger partial charge is 0.508 e. The molecule has 1 aromatic rings. The molecule has 0 saturated heterocycles. The predicted molar refractivity (Wildman–Crippen MR) is 71.4 cm³/mol. The lowest BCUT2D eigenvalue weighted by Gasteiger charge is -1.96. The molecule has 0 aromatic heterocycles. The third kappa shape index (κ3) is 8.04. The summed E-state index contributed by atoms with van der Waals surface area (Å²) in [6.07, 6.45) is 4.66. The zero-order chi connectivity index (χ0) is 12.2. The molecule has 0 spiro atoms. The van der Waals surface area contributed by atoms with Gasteiger partial charge in [-0.1, -0.05) is 38.8 Å². The molecule has 0 aliphatic heterocycles. The van der Waals surface area contributed by atoms with E-state index >= 15 is 0 Å². The lowest BCUT2D eigenvalue weighted by molar-refractivity contribution is 0.475. The summed E-state index contributed by atoms with van der Waals surface area (Å²) in [5.41, 5.74) is 1.29. The molecule has 0 atom stereocenters. The van der Waals surface area contributed by atoms with Crippen LogP contribution in [0.25, 0.3) is 0 Å². The van der Waals surface area contributed by atoms with E-state index in [0.29, 0.717) is 5.75 Å². The fraction of sp³-hybridized carbons (Fsp3) is 0.500. The van der Waals surface area contributed by atoms with E-state index in [1.165, 1.54) is 18.4 Å². The third-order valence-corrected chi connectivity index (χ3v) is 2.14. The minimum absolute atomic E-state index is 0.347. The first-order valence-electron chi connectivity index (χ1n) is 5.95. The van der Waals surface area contributed by atoms with Gasteiger partial charge in [0.15, 0.2) is 0 Å². The maximum Gasteiger partial charge on any atom is 0.115 e. The average Bonchev–Trinajstić information content (AvgIpc) is 2.31. The fourth-order valence-corrected chi connectivity index (χ4v) is 1.22.